The second-order valence-electron chi connectivity index (χ2n) is 3.81. The van der Waals surface area contributed by atoms with E-state index in [2.05, 4.69) is 0 Å². The van der Waals surface area contributed by atoms with Crippen LogP contribution in [0.5, 0.6) is 0 Å². The fourth-order valence-corrected chi connectivity index (χ4v) is 3.21. The van der Waals surface area contributed by atoms with E-state index in [9.17, 15) is 8.42 Å². The maximum Gasteiger partial charge on any atom is 0.218 e. The minimum absolute atomic E-state index is 0.0113. The highest BCUT2D eigenvalue weighted by atomic mass is 32.2. The second kappa shape index (κ2) is 6.74. The fourth-order valence-electron chi connectivity index (χ4n) is 1.62. The van der Waals surface area contributed by atoms with Crippen LogP contribution in [-0.4, -0.2) is 37.5 Å². The van der Waals surface area contributed by atoms with Gasteiger partial charge >= 0.3 is 0 Å². The van der Waals surface area contributed by atoms with Crippen molar-refractivity contribution in [2.24, 2.45) is 0 Å². The van der Waals surface area contributed by atoms with Crippen molar-refractivity contribution in [3.63, 3.8) is 0 Å². The first-order valence-corrected chi connectivity index (χ1v) is 7.33. The monoisotopic (exact) mass is 257 g/mol. The van der Waals surface area contributed by atoms with Crippen molar-refractivity contribution in [3.8, 4) is 0 Å². The molecule has 1 rings (SSSR count). The Morgan fingerprint density at radius 1 is 1.24 bits per heavy atom. The van der Waals surface area contributed by atoms with Gasteiger partial charge in [0.05, 0.1) is 5.75 Å². The Kier molecular flexibility index (Phi) is 5.61. The first-order valence-electron chi connectivity index (χ1n) is 5.72. The Balaban J connectivity index is 2.72. The molecule has 0 aromatic heterocycles. The van der Waals surface area contributed by atoms with Crippen LogP contribution in [0.15, 0.2) is 30.3 Å². The smallest absolute Gasteiger partial charge is 0.218 e. The molecule has 0 aliphatic heterocycles. The number of aliphatic hydroxyl groups is 1. The number of sulfonamides is 1. The molecule has 1 aromatic rings. The van der Waals surface area contributed by atoms with Crippen LogP contribution in [0.1, 0.15) is 18.9 Å². The zero-order valence-corrected chi connectivity index (χ0v) is 10.9. The van der Waals surface area contributed by atoms with Crippen LogP contribution in [0.25, 0.3) is 0 Å². The number of rotatable bonds is 7. The van der Waals surface area contributed by atoms with Gasteiger partial charge in [-0.2, -0.15) is 0 Å². The van der Waals surface area contributed by atoms with Crippen molar-refractivity contribution >= 4 is 10.0 Å². The van der Waals surface area contributed by atoms with Gasteiger partial charge in [0, 0.05) is 19.7 Å². The third kappa shape index (κ3) is 4.46. The third-order valence-electron chi connectivity index (χ3n) is 2.50. The van der Waals surface area contributed by atoms with E-state index in [4.69, 9.17) is 5.11 Å². The molecule has 0 amide bonds. The average molecular weight is 257 g/mol. The predicted octanol–water partition coefficient (Wildman–Crippen LogP) is 1.22. The van der Waals surface area contributed by atoms with E-state index in [1.165, 1.54) is 4.31 Å². The summed E-state index contributed by atoms with van der Waals surface area (Å²) in [6, 6.07) is 9.12. The topological polar surface area (TPSA) is 57.6 Å². The van der Waals surface area contributed by atoms with Crippen LogP contribution in [0.3, 0.4) is 0 Å². The molecule has 4 nitrogen and oxygen atoms in total. The molecule has 1 N–H and O–H groups in total. The Hall–Kier alpha value is -0.910. The van der Waals surface area contributed by atoms with Crippen molar-refractivity contribution in [1.29, 1.82) is 0 Å². The summed E-state index contributed by atoms with van der Waals surface area (Å²) in [5.74, 6) is 0.0209. The van der Waals surface area contributed by atoms with Crippen LogP contribution >= 0.6 is 0 Å². The van der Waals surface area contributed by atoms with Gasteiger partial charge in [0.15, 0.2) is 0 Å². The summed E-state index contributed by atoms with van der Waals surface area (Å²) in [6.45, 7) is 2.63. The normalized spacial score (nSPS) is 11.9. The molecule has 0 atom stereocenters. The van der Waals surface area contributed by atoms with E-state index in [-0.39, 0.29) is 12.4 Å². The first-order chi connectivity index (χ1) is 8.10. The van der Waals surface area contributed by atoms with Gasteiger partial charge in [0.1, 0.15) is 0 Å². The minimum Gasteiger partial charge on any atom is -0.396 e. The summed E-state index contributed by atoms with van der Waals surface area (Å²) in [6.07, 6.45) is 0.474. The first kappa shape index (κ1) is 14.2. The Bertz CT molecular complexity index is 417. The lowest BCUT2D eigenvalue weighted by atomic mass is 10.2. The van der Waals surface area contributed by atoms with E-state index >= 15 is 0 Å². The van der Waals surface area contributed by atoms with E-state index in [1.807, 2.05) is 18.2 Å². The molecule has 0 saturated carbocycles. The van der Waals surface area contributed by atoms with Gasteiger partial charge in [-0.15, -0.1) is 0 Å². The van der Waals surface area contributed by atoms with Crippen molar-refractivity contribution < 1.29 is 13.5 Å². The van der Waals surface area contributed by atoms with Crippen LogP contribution in [0, 0.1) is 0 Å². The lowest BCUT2D eigenvalue weighted by Gasteiger charge is -2.19. The number of hydrogen-bond acceptors (Lipinski definition) is 3. The van der Waals surface area contributed by atoms with Crippen LogP contribution in [-0.2, 0) is 15.8 Å². The summed E-state index contributed by atoms with van der Waals surface area (Å²) in [4.78, 5) is 0. The van der Waals surface area contributed by atoms with Gasteiger partial charge in [0.25, 0.3) is 0 Å². The van der Waals surface area contributed by atoms with Crippen LogP contribution in [0.4, 0.5) is 0 Å². The molecule has 0 aliphatic carbocycles. The Morgan fingerprint density at radius 2 is 1.88 bits per heavy atom. The van der Waals surface area contributed by atoms with Gasteiger partial charge in [-0.1, -0.05) is 37.3 Å². The molecule has 1 aromatic carbocycles. The highest BCUT2D eigenvalue weighted by molar-refractivity contribution is 7.88. The predicted molar refractivity (Wildman–Crippen MR) is 68.0 cm³/mol. The maximum atomic E-state index is 12.1. The van der Waals surface area contributed by atoms with Crippen LogP contribution in [0.2, 0.25) is 0 Å². The highest BCUT2D eigenvalue weighted by Crippen LogP contribution is 2.10. The quantitative estimate of drug-likeness (QED) is 0.799. The van der Waals surface area contributed by atoms with E-state index < -0.39 is 10.0 Å². The molecule has 0 aliphatic rings. The average Bonchev–Trinajstić information content (AvgIpc) is 2.30. The van der Waals surface area contributed by atoms with Gasteiger partial charge in [-0.25, -0.2) is 12.7 Å². The largest absolute Gasteiger partial charge is 0.396 e. The molecule has 96 valence electrons. The summed E-state index contributed by atoms with van der Waals surface area (Å²) in [5, 5.41) is 8.74. The molecule has 5 heteroatoms. The van der Waals surface area contributed by atoms with Gasteiger partial charge in [-0.05, 0) is 12.0 Å². The second-order valence-corrected chi connectivity index (χ2v) is 5.78. The van der Waals surface area contributed by atoms with Crippen molar-refractivity contribution in [2.75, 3.05) is 19.7 Å². The van der Waals surface area contributed by atoms with Crippen molar-refractivity contribution in [2.45, 2.75) is 19.1 Å². The summed E-state index contributed by atoms with van der Waals surface area (Å²) in [7, 11) is -3.28. The lowest BCUT2D eigenvalue weighted by molar-refractivity contribution is 0.271. The molecule has 0 heterocycles. The summed E-state index contributed by atoms with van der Waals surface area (Å²) >= 11 is 0. The van der Waals surface area contributed by atoms with Gasteiger partial charge < -0.3 is 5.11 Å². The lowest BCUT2D eigenvalue weighted by Crippen LogP contribution is -2.33. The van der Waals surface area contributed by atoms with Crippen molar-refractivity contribution in [1.82, 2.24) is 4.31 Å². The molecular formula is C12H19NO3S. The van der Waals surface area contributed by atoms with Crippen molar-refractivity contribution in [3.05, 3.63) is 35.9 Å². The molecule has 0 saturated heterocycles. The highest BCUT2D eigenvalue weighted by Gasteiger charge is 2.20. The number of hydrogen-bond donors (Lipinski definition) is 1. The number of benzene rings is 1. The molecule has 17 heavy (non-hydrogen) atoms. The standard InChI is InChI=1S/C12H19NO3S/c1-2-13(9-6-10-14)17(15,16)11-12-7-4-3-5-8-12/h3-5,7-8,14H,2,6,9-11H2,1H3. The van der Waals surface area contributed by atoms with Gasteiger partial charge in [-0.3, -0.25) is 0 Å². The number of aliphatic hydroxyl groups excluding tert-OH is 1. The zero-order valence-electron chi connectivity index (χ0n) is 10.0. The number of nitrogens with zero attached hydrogens (tertiary/aromatic N) is 1. The SMILES string of the molecule is CCN(CCCO)S(=O)(=O)Cc1ccccc1. The summed E-state index contributed by atoms with van der Waals surface area (Å²) in [5.41, 5.74) is 0.787. The molecule has 0 unspecified atom stereocenters. The Labute approximate surface area is 103 Å². The maximum absolute atomic E-state index is 12.1. The van der Waals surface area contributed by atoms with Gasteiger partial charge in [0.2, 0.25) is 10.0 Å². The molecule has 0 spiro atoms. The fraction of sp³-hybridized carbons (Fsp3) is 0.500. The Morgan fingerprint density at radius 3 is 2.41 bits per heavy atom. The van der Waals surface area contributed by atoms with E-state index in [0.717, 1.165) is 5.56 Å². The minimum atomic E-state index is -3.28. The van der Waals surface area contributed by atoms with E-state index in [1.54, 1.807) is 19.1 Å². The zero-order chi connectivity index (χ0) is 12.7. The molecule has 0 fully saturated rings. The van der Waals surface area contributed by atoms with Crippen LogP contribution < -0.4 is 0 Å². The molecule has 0 bridgehead atoms. The molecular weight excluding hydrogens is 238 g/mol. The summed E-state index contributed by atoms with van der Waals surface area (Å²) < 4.78 is 25.6. The van der Waals surface area contributed by atoms with E-state index in [0.29, 0.717) is 19.5 Å². The molecule has 0 radical (unpaired) electrons. The third-order valence-corrected chi connectivity index (χ3v) is 4.43.